The second-order valence-electron chi connectivity index (χ2n) is 5.65. The van der Waals surface area contributed by atoms with Gasteiger partial charge in [-0.05, 0) is 38.0 Å². The van der Waals surface area contributed by atoms with Crippen molar-refractivity contribution >= 4 is 5.91 Å². The molecule has 0 atom stereocenters. The first-order chi connectivity index (χ1) is 10.5. The van der Waals surface area contributed by atoms with E-state index in [-0.39, 0.29) is 11.8 Å². The second-order valence-corrected chi connectivity index (χ2v) is 5.65. The summed E-state index contributed by atoms with van der Waals surface area (Å²) < 4.78 is 5.33. The van der Waals surface area contributed by atoms with Crippen molar-refractivity contribution in [3.8, 4) is 0 Å². The first kappa shape index (κ1) is 16.2. The molecule has 5 heteroatoms. The summed E-state index contributed by atoms with van der Waals surface area (Å²) in [6.45, 7) is 9.14. The highest BCUT2D eigenvalue weighted by atomic mass is 16.5. The van der Waals surface area contributed by atoms with Crippen LogP contribution in [-0.4, -0.2) is 34.0 Å². The zero-order chi connectivity index (χ0) is 16.1. The SMILES string of the molecule is CCN(CCc1ccncc1)C(=O)c1c(C)noc1C(C)C. The lowest BCUT2D eigenvalue weighted by Gasteiger charge is -2.21. The molecule has 2 rings (SSSR count). The molecule has 2 aromatic heterocycles. The summed E-state index contributed by atoms with van der Waals surface area (Å²) in [6, 6.07) is 3.95. The molecule has 118 valence electrons. The van der Waals surface area contributed by atoms with Crippen molar-refractivity contribution in [3.63, 3.8) is 0 Å². The van der Waals surface area contributed by atoms with Gasteiger partial charge in [-0.2, -0.15) is 0 Å². The predicted octanol–water partition coefficient (Wildman–Crippen LogP) is 3.21. The van der Waals surface area contributed by atoms with Crippen LogP contribution < -0.4 is 0 Å². The van der Waals surface area contributed by atoms with Crippen molar-refractivity contribution in [1.82, 2.24) is 15.0 Å². The van der Waals surface area contributed by atoms with Crippen molar-refractivity contribution < 1.29 is 9.32 Å². The Morgan fingerprint density at radius 1 is 1.32 bits per heavy atom. The minimum atomic E-state index is -0.000920. The molecule has 5 nitrogen and oxygen atoms in total. The number of hydrogen-bond acceptors (Lipinski definition) is 4. The molecular weight excluding hydrogens is 278 g/mol. The number of hydrogen-bond donors (Lipinski definition) is 0. The number of likely N-dealkylation sites (N-methyl/N-ethyl adjacent to an activating group) is 1. The molecule has 0 unspecified atom stereocenters. The van der Waals surface area contributed by atoms with Crippen LogP contribution in [0.3, 0.4) is 0 Å². The molecule has 0 saturated carbocycles. The van der Waals surface area contributed by atoms with Gasteiger partial charge in [-0.15, -0.1) is 0 Å². The van der Waals surface area contributed by atoms with Gasteiger partial charge in [0.15, 0.2) is 5.76 Å². The predicted molar refractivity (Wildman–Crippen MR) is 84.8 cm³/mol. The Morgan fingerprint density at radius 2 is 2.00 bits per heavy atom. The minimum Gasteiger partial charge on any atom is -0.360 e. The zero-order valence-corrected chi connectivity index (χ0v) is 13.7. The molecule has 22 heavy (non-hydrogen) atoms. The maximum absolute atomic E-state index is 12.8. The number of pyridine rings is 1. The van der Waals surface area contributed by atoms with Gasteiger partial charge in [0.25, 0.3) is 5.91 Å². The molecule has 0 spiro atoms. The van der Waals surface area contributed by atoms with Gasteiger partial charge in [-0.3, -0.25) is 9.78 Å². The van der Waals surface area contributed by atoms with E-state index in [1.165, 1.54) is 5.56 Å². The molecule has 0 N–H and O–H groups in total. The lowest BCUT2D eigenvalue weighted by molar-refractivity contribution is 0.0762. The highest BCUT2D eigenvalue weighted by molar-refractivity contribution is 5.96. The van der Waals surface area contributed by atoms with Gasteiger partial charge in [0.2, 0.25) is 0 Å². The molecule has 0 aliphatic carbocycles. The van der Waals surface area contributed by atoms with Crippen molar-refractivity contribution in [2.24, 2.45) is 0 Å². The molecule has 1 amide bonds. The molecule has 0 aromatic carbocycles. The standard InChI is InChI=1S/C17H23N3O2/c1-5-20(11-8-14-6-9-18-10-7-14)17(21)15-13(4)19-22-16(15)12(2)3/h6-7,9-10,12H,5,8,11H2,1-4H3. The van der Waals surface area contributed by atoms with Crippen LogP contribution in [0.2, 0.25) is 0 Å². The number of amides is 1. The molecular formula is C17H23N3O2. The third kappa shape index (κ3) is 3.53. The average Bonchev–Trinajstić information content (AvgIpc) is 2.90. The first-order valence-electron chi connectivity index (χ1n) is 7.68. The molecule has 2 heterocycles. The lowest BCUT2D eigenvalue weighted by Crippen LogP contribution is -2.33. The Bertz CT molecular complexity index is 620. The molecule has 0 radical (unpaired) electrons. The topological polar surface area (TPSA) is 59.2 Å². The van der Waals surface area contributed by atoms with Crippen LogP contribution in [0.4, 0.5) is 0 Å². The Morgan fingerprint density at radius 3 is 2.59 bits per heavy atom. The van der Waals surface area contributed by atoms with E-state index >= 15 is 0 Å². The maximum Gasteiger partial charge on any atom is 0.259 e. The zero-order valence-electron chi connectivity index (χ0n) is 13.7. The number of aryl methyl sites for hydroxylation is 1. The molecule has 0 fully saturated rings. The highest BCUT2D eigenvalue weighted by Gasteiger charge is 2.25. The fraction of sp³-hybridized carbons (Fsp3) is 0.471. The summed E-state index contributed by atoms with van der Waals surface area (Å²) in [5.41, 5.74) is 2.45. The smallest absolute Gasteiger partial charge is 0.259 e. The van der Waals surface area contributed by atoms with Crippen molar-refractivity contribution in [2.75, 3.05) is 13.1 Å². The van der Waals surface area contributed by atoms with Gasteiger partial charge in [-0.25, -0.2) is 0 Å². The van der Waals surface area contributed by atoms with Crippen LogP contribution in [0, 0.1) is 6.92 Å². The van der Waals surface area contributed by atoms with Crippen molar-refractivity contribution in [3.05, 3.63) is 47.1 Å². The largest absolute Gasteiger partial charge is 0.360 e. The van der Waals surface area contributed by atoms with Crippen LogP contribution in [0.1, 0.15) is 54.1 Å². The summed E-state index contributed by atoms with van der Waals surface area (Å²) in [7, 11) is 0. The van der Waals surface area contributed by atoms with E-state index in [2.05, 4.69) is 10.1 Å². The van der Waals surface area contributed by atoms with Gasteiger partial charge in [0.1, 0.15) is 5.56 Å². The number of nitrogens with zero attached hydrogens (tertiary/aromatic N) is 3. The average molecular weight is 301 g/mol. The van der Waals surface area contributed by atoms with E-state index in [1.807, 2.05) is 44.7 Å². The van der Waals surface area contributed by atoms with Crippen molar-refractivity contribution in [1.29, 1.82) is 0 Å². The quantitative estimate of drug-likeness (QED) is 0.822. The Balaban J connectivity index is 2.14. The van der Waals surface area contributed by atoms with E-state index in [0.29, 0.717) is 30.1 Å². The number of rotatable bonds is 6. The van der Waals surface area contributed by atoms with E-state index in [1.54, 1.807) is 12.4 Å². The first-order valence-corrected chi connectivity index (χ1v) is 7.68. The van der Waals surface area contributed by atoms with Gasteiger partial charge in [-0.1, -0.05) is 19.0 Å². The summed E-state index contributed by atoms with van der Waals surface area (Å²) >= 11 is 0. The lowest BCUT2D eigenvalue weighted by atomic mass is 10.0. The summed E-state index contributed by atoms with van der Waals surface area (Å²) in [5.74, 6) is 0.808. The summed E-state index contributed by atoms with van der Waals surface area (Å²) in [4.78, 5) is 18.7. The van der Waals surface area contributed by atoms with Gasteiger partial charge in [0.05, 0.1) is 5.69 Å². The Kier molecular flexibility index (Phi) is 5.31. The molecule has 0 aliphatic rings. The highest BCUT2D eigenvalue weighted by Crippen LogP contribution is 2.23. The van der Waals surface area contributed by atoms with Crippen molar-refractivity contribution in [2.45, 2.75) is 40.0 Å². The van der Waals surface area contributed by atoms with Crippen LogP contribution >= 0.6 is 0 Å². The normalized spacial score (nSPS) is 11.0. The minimum absolute atomic E-state index is 0.000920. The van der Waals surface area contributed by atoms with Crippen LogP contribution in [-0.2, 0) is 6.42 Å². The Hall–Kier alpha value is -2.17. The van der Waals surface area contributed by atoms with E-state index in [0.717, 1.165) is 6.42 Å². The summed E-state index contributed by atoms with van der Waals surface area (Å²) in [5, 5.41) is 3.96. The molecule has 0 bridgehead atoms. The van der Waals surface area contributed by atoms with Crippen LogP contribution in [0.15, 0.2) is 29.0 Å². The molecule has 0 aliphatic heterocycles. The van der Waals surface area contributed by atoms with Crippen LogP contribution in [0.25, 0.3) is 0 Å². The molecule has 0 saturated heterocycles. The summed E-state index contributed by atoms with van der Waals surface area (Å²) in [6.07, 6.45) is 4.35. The Labute approximate surface area is 131 Å². The monoisotopic (exact) mass is 301 g/mol. The second kappa shape index (κ2) is 7.20. The molecule has 2 aromatic rings. The van der Waals surface area contributed by atoms with E-state index < -0.39 is 0 Å². The van der Waals surface area contributed by atoms with Gasteiger partial charge < -0.3 is 9.42 Å². The van der Waals surface area contributed by atoms with Gasteiger partial charge >= 0.3 is 0 Å². The maximum atomic E-state index is 12.8. The number of carbonyl (C=O) groups excluding carboxylic acids is 1. The van der Waals surface area contributed by atoms with Gasteiger partial charge in [0, 0.05) is 31.4 Å². The fourth-order valence-electron chi connectivity index (χ4n) is 2.42. The third-order valence-electron chi connectivity index (χ3n) is 3.72. The number of carbonyl (C=O) groups is 1. The fourth-order valence-corrected chi connectivity index (χ4v) is 2.42. The van der Waals surface area contributed by atoms with Crippen LogP contribution in [0.5, 0.6) is 0 Å². The third-order valence-corrected chi connectivity index (χ3v) is 3.72. The van der Waals surface area contributed by atoms with E-state index in [4.69, 9.17) is 4.52 Å². The van der Waals surface area contributed by atoms with E-state index in [9.17, 15) is 4.79 Å². The number of aromatic nitrogens is 2.